The van der Waals surface area contributed by atoms with E-state index in [2.05, 4.69) is 0 Å². The van der Waals surface area contributed by atoms with Crippen molar-refractivity contribution < 1.29 is 17.9 Å². The summed E-state index contributed by atoms with van der Waals surface area (Å²) in [5.74, 6) is 0.872. The molecule has 2 N–H and O–H groups in total. The van der Waals surface area contributed by atoms with Crippen LogP contribution in [0.1, 0.15) is 31.2 Å². The molecular formula is C15H21NO4S. The molecule has 0 unspecified atom stereocenters. The minimum atomic E-state index is -3.42. The van der Waals surface area contributed by atoms with Gasteiger partial charge < -0.3 is 15.2 Å². The number of hydrogen-bond acceptors (Lipinski definition) is 5. The van der Waals surface area contributed by atoms with E-state index in [0.29, 0.717) is 31.3 Å². The summed E-state index contributed by atoms with van der Waals surface area (Å²) in [7, 11) is -3.42. The fourth-order valence-corrected chi connectivity index (χ4v) is 4.69. The Balaban J connectivity index is 2.26. The van der Waals surface area contributed by atoms with E-state index >= 15 is 0 Å². The van der Waals surface area contributed by atoms with E-state index in [-0.39, 0.29) is 10.3 Å². The molecule has 1 aromatic rings. The summed E-state index contributed by atoms with van der Waals surface area (Å²) in [5.41, 5.74) is 6.57. The predicted molar refractivity (Wildman–Crippen MR) is 79.7 cm³/mol. The van der Waals surface area contributed by atoms with Gasteiger partial charge in [0.25, 0.3) is 0 Å². The molecule has 0 radical (unpaired) electrons. The van der Waals surface area contributed by atoms with Gasteiger partial charge in [0.15, 0.2) is 21.3 Å². The van der Waals surface area contributed by atoms with Gasteiger partial charge in [-0.1, -0.05) is 18.9 Å². The molecule has 1 heterocycles. The van der Waals surface area contributed by atoms with E-state index in [9.17, 15) is 8.42 Å². The molecule has 0 saturated heterocycles. The van der Waals surface area contributed by atoms with Crippen LogP contribution in [0, 0.1) is 0 Å². The van der Waals surface area contributed by atoms with E-state index in [4.69, 9.17) is 15.2 Å². The molecule has 0 amide bonds. The maximum Gasteiger partial charge on any atom is 0.180 e. The first-order chi connectivity index (χ1) is 9.98. The Bertz CT molecular complexity index is 648. The third-order valence-corrected chi connectivity index (χ3v) is 5.70. The third-order valence-electron chi connectivity index (χ3n) is 4.56. The lowest BCUT2D eigenvalue weighted by Gasteiger charge is -2.32. The van der Waals surface area contributed by atoms with E-state index in [1.54, 1.807) is 0 Å². The van der Waals surface area contributed by atoms with E-state index in [1.807, 2.05) is 12.1 Å². The highest BCUT2D eigenvalue weighted by Crippen LogP contribution is 2.48. The van der Waals surface area contributed by atoms with Crippen molar-refractivity contribution in [1.29, 1.82) is 0 Å². The van der Waals surface area contributed by atoms with Gasteiger partial charge >= 0.3 is 0 Å². The van der Waals surface area contributed by atoms with Gasteiger partial charge in [0.2, 0.25) is 0 Å². The summed E-state index contributed by atoms with van der Waals surface area (Å²) in [4.78, 5) is 0.270. The zero-order valence-electron chi connectivity index (χ0n) is 12.2. The van der Waals surface area contributed by atoms with Crippen LogP contribution >= 0.6 is 0 Å². The molecule has 1 saturated carbocycles. The molecule has 1 aliphatic carbocycles. The van der Waals surface area contributed by atoms with Crippen molar-refractivity contribution in [2.24, 2.45) is 5.73 Å². The Hall–Kier alpha value is -1.27. The number of fused-ring (bicyclic) bond motifs is 1. The van der Waals surface area contributed by atoms with Crippen LogP contribution in [0.15, 0.2) is 17.0 Å². The van der Waals surface area contributed by atoms with Gasteiger partial charge in [0, 0.05) is 18.2 Å². The topological polar surface area (TPSA) is 78.6 Å². The van der Waals surface area contributed by atoms with Gasteiger partial charge in [-0.05, 0) is 24.5 Å². The summed E-state index contributed by atoms with van der Waals surface area (Å²) in [6.07, 6.45) is 5.23. The molecular weight excluding hydrogens is 290 g/mol. The van der Waals surface area contributed by atoms with Crippen LogP contribution in [0.4, 0.5) is 0 Å². The summed E-state index contributed by atoms with van der Waals surface area (Å²) in [6, 6.07) is 3.68. The molecule has 0 aromatic heterocycles. The predicted octanol–water partition coefficient (Wildman–Crippen LogP) is 1.63. The maximum absolute atomic E-state index is 12.4. The van der Waals surface area contributed by atoms with Crippen LogP contribution in [0.5, 0.6) is 11.5 Å². The average molecular weight is 311 g/mol. The first kappa shape index (κ1) is 14.7. The quantitative estimate of drug-likeness (QED) is 0.918. The molecule has 3 rings (SSSR count). The molecule has 21 heavy (non-hydrogen) atoms. The Labute approximate surface area is 125 Å². The molecule has 0 spiro atoms. The van der Waals surface area contributed by atoms with Crippen molar-refractivity contribution >= 4 is 9.84 Å². The second kappa shape index (κ2) is 5.18. The zero-order chi connectivity index (χ0) is 15.1. The minimum absolute atomic E-state index is 0.256. The van der Waals surface area contributed by atoms with E-state index in [1.165, 1.54) is 6.26 Å². The van der Waals surface area contributed by atoms with Crippen molar-refractivity contribution in [2.75, 3.05) is 26.0 Å². The number of rotatable bonds is 3. The molecule has 0 atom stereocenters. The van der Waals surface area contributed by atoms with Crippen LogP contribution in [0.2, 0.25) is 0 Å². The van der Waals surface area contributed by atoms with Gasteiger partial charge in [0.05, 0.1) is 0 Å². The SMILES string of the molecule is CS(=O)(=O)c1c(C2(CN)CCCC2)ccc2c1OCCO2. The van der Waals surface area contributed by atoms with Crippen molar-refractivity contribution in [3.8, 4) is 11.5 Å². The van der Waals surface area contributed by atoms with Gasteiger partial charge in [-0.3, -0.25) is 0 Å². The van der Waals surface area contributed by atoms with Crippen LogP contribution < -0.4 is 15.2 Å². The largest absolute Gasteiger partial charge is 0.486 e. The van der Waals surface area contributed by atoms with Crippen LogP contribution in [-0.2, 0) is 15.3 Å². The molecule has 1 aromatic carbocycles. The number of benzene rings is 1. The normalized spacial score (nSPS) is 20.5. The van der Waals surface area contributed by atoms with Crippen LogP contribution in [0.25, 0.3) is 0 Å². The fraction of sp³-hybridized carbons (Fsp3) is 0.600. The zero-order valence-corrected chi connectivity index (χ0v) is 13.0. The average Bonchev–Trinajstić information content (AvgIpc) is 2.95. The highest BCUT2D eigenvalue weighted by atomic mass is 32.2. The Morgan fingerprint density at radius 3 is 2.48 bits per heavy atom. The van der Waals surface area contributed by atoms with Crippen LogP contribution in [-0.4, -0.2) is 34.4 Å². The Kier molecular flexibility index (Phi) is 3.61. The summed E-state index contributed by atoms with van der Waals surface area (Å²) >= 11 is 0. The first-order valence-corrected chi connectivity index (χ1v) is 9.20. The number of nitrogens with two attached hydrogens (primary N) is 1. The van der Waals surface area contributed by atoms with E-state index < -0.39 is 9.84 Å². The molecule has 5 nitrogen and oxygen atoms in total. The van der Waals surface area contributed by atoms with Gasteiger partial charge in [-0.15, -0.1) is 0 Å². The Morgan fingerprint density at radius 2 is 1.86 bits per heavy atom. The smallest absolute Gasteiger partial charge is 0.180 e. The van der Waals surface area contributed by atoms with Crippen molar-refractivity contribution in [2.45, 2.75) is 36.0 Å². The van der Waals surface area contributed by atoms with Gasteiger partial charge in [-0.2, -0.15) is 0 Å². The van der Waals surface area contributed by atoms with Crippen molar-refractivity contribution in [3.63, 3.8) is 0 Å². The lowest BCUT2D eigenvalue weighted by molar-refractivity contribution is 0.166. The highest BCUT2D eigenvalue weighted by molar-refractivity contribution is 7.90. The summed E-state index contributed by atoms with van der Waals surface area (Å²) in [6.45, 7) is 1.27. The van der Waals surface area contributed by atoms with Gasteiger partial charge in [0.1, 0.15) is 18.1 Å². The standard InChI is InChI=1S/C15H21NO4S/c1-21(17,18)14-11(15(10-16)6-2-3-7-15)4-5-12-13(14)20-9-8-19-12/h4-5H,2-3,6-10,16H2,1H3. The first-order valence-electron chi connectivity index (χ1n) is 7.31. The molecule has 1 aliphatic heterocycles. The number of hydrogen-bond donors (Lipinski definition) is 1. The minimum Gasteiger partial charge on any atom is -0.486 e. The second-order valence-electron chi connectivity index (χ2n) is 5.93. The second-order valence-corrected chi connectivity index (χ2v) is 7.88. The maximum atomic E-state index is 12.4. The van der Waals surface area contributed by atoms with Crippen LogP contribution in [0.3, 0.4) is 0 Å². The van der Waals surface area contributed by atoms with Gasteiger partial charge in [-0.25, -0.2) is 8.42 Å². The number of ether oxygens (including phenoxy) is 2. The summed E-state index contributed by atoms with van der Waals surface area (Å²) in [5, 5.41) is 0. The third kappa shape index (κ3) is 2.40. The monoisotopic (exact) mass is 311 g/mol. The van der Waals surface area contributed by atoms with Crippen molar-refractivity contribution in [1.82, 2.24) is 0 Å². The Morgan fingerprint density at radius 1 is 1.19 bits per heavy atom. The number of sulfone groups is 1. The fourth-order valence-electron chi connectivity index (χ4n) is 3.51. The molecule has 6 heteroatoms. The molecule has 0 bridgehead atoms. The molecule has 116 valence electrons. The molecule has 2 aliphatic rings. The molecule has 1 fully saturated rings. The summed E-state index contributed by atoms with van der Waals surface area (Å²) < 4.78 is 35.9. The lowest BCUT2D eigenvalue weighted by Crippen LogP contribution is -2.34. The van der Waals surface area contributed by atoms with Crippen molar-refractivity contribution in [3.05, 3.63) is 17.7 Å². The highest BCUT2D eigenvalue weighted by Gasteiger charge is 2.40. The van der Waals surface area contributed by atoms with E-state index in [0.717, 1.165) is 31.2 Å². The lowest BCUT2D eigenvalue weighted by atomic mass is 9.79.